The van der Waals surface area contributed by atoms with Crippen molar-refractivity contribution in [1.29, 1.82) is 0 Å². The fourth-order valence-electron chi connectivity index (χ4n) is 7.16. The lowest BCUT2D eigenvalue weighted by atomic mass is 10.1. The van der Waals surface area contributed by atoms with Crippen molar-refractivity contribution in [2.75, 3.05) is 0 Å². The molecule has 3 heterocycles. The Morgan fingerprint density at radius 1 is 0.431 bits per heavy atom. The molecule has 0 aliphatic carbocycles. The Bertz CT molecular complexity index is 3440. The van der Waals surface area contributed by atoms with Crippen LogP contribution in [0.15, 0.2) is 189 Å². The molecule has 9 rings (SSSR count). The summed E-state index contributed by atoms with van der Waals surface area (Å²) in [5.41, 5.74) is 2.00. The summed E-state index contributed by atoms with van der Waals surface area (Å²) in [5.74, 6) is 13.1. The van der Waals surface area contributed by atoms with E-state index in [9.17, 15) is 26.3 Å². The van der Waals surface area contributed by atoms with E-state index in [0.29, 0.717) is 13.1 Å². The number of rotatable bonds is 8. The molecule has 0 fully saturated rings. The van der Waals surface area contributed by atoms with E-state index >= 15 is 0 Å². The summed E-state index contributed by atoms with van der Waals surface area (Å²) >= 11 is 0. The van der Waals surface area contributed by atoms with Gasteiger partial charge in [0.05, 0.1) is 11.4 Å². The molecule has 9 aromatic rings. The molecule has 72 heavy (non-hydrogen) atoms. The summed E-state index contributed by atoms with van der Waals surface area (Å²) in [6.07, 6.45) is 4.43. The lowest BCUT2D eigenvalue weighted by Crippen LogP contribution is -2.32. The van der Waals surface area contributed by atoms with Gasteiger partial charge in [-0.3, -0.25) is 0 Å². The van der Waals surface area contributed by atoms with Gasteiger partial charge in [0, 0.05) is 22.3 Å². The minimum Gasteiger partial charge on any atom is -0.741 e. The third kappa shape index (κ3) is 14.0. The zero-order valence-corrected chi connectivity index (χ0v) is 39.1. The standard InChI is InChI=1S/C51H39N5.2CHF3O3S/c1-3-12-40(13-4-1)22-24-42-26-30-44(31-27-42)34-53-38-55(50-20-9-7-18-48(50)53)36-46-16-11-17-47(52-46)37-56-39-54(49-19-8-10-21-51(49)56)35-45-32-28-43(29-33-45)25-23-41-14-5-2-6-15-41;2*2-1(3,4)8(5,6)7/h1-21,26-33,38-39H,34-37H2;2*(H,5,6,7)/q+2;;/p-2. The van der Waals surface area contributed by atoms with Gasteiger partial charge >= 0.3 is 11.0 Å². The van der Waals surface area contributed by atoms with Crippen LogP contribution < -0.4 is 9.13 Å². The molecule has 0 saturated carbocycles. The van der Waals surface area contributed by atoms with Crippen molar-refractivity contribution < 1.29 is 61.4 Å². The van der Waals surface area contributed by atoms with Crippen LogP contribution in [0.25, 0.3) is 22.1 Å². The van der Waals surface area contributed by atoms with Gasteiger partial charge in [-0.2, -0.15) is 26.3 Å². The van der Waals surface area contributed by atoms with E-state index in [1.807, 2.05) is 60.7 Å². The number of alkyl halides is 6. The summed E-state index contributed by atoms with van der Waals surface area (Å²) < 4.78 is 127. The highest BCUT2D eigenvalue weighted by atomic mass is 32.2. The highest BCUT2D eigenvalue weighted by Gasteiger charge is 2.37. The van der Waals surface area contributed by atoms with E-state index < -0.39 is 31.3 Å². The molecule has 0 aliphatic rings. The Hall–Kier alpha value is -8.07. The third-order valence-corrected chi connectivity index (χ3v) is 11.7. The van der Waals surface area contributed by atoms with Crippen LogP contribution in [0.4, 0.5) is 26.3 Å². The second-order valence-electron chi connectivity index (χ2n) is 15.8. The fraction of sp³-hybridized carbons (Fsp3) is 0.113. The van der Waals surface area contributed by atoms with Gasteiger partial charge in [-0.15, -0.1) is 0 Å². The van der Waals surface area contributed by atoms with E-state index in [1.165, 1.54) is 33.2 Å². The molecule has 0 aliphatic heterocycles. The molecule has 0 amide bonds. The first-order chi connectivity index (χ1) is 34.2. The largest absolute Gasteiger partial charge is 0.741 e. The number of aromatic nitrogens is 5. The number of imidazole rings is 2. The number of halogens is 6. The van der Waals surface area contributed by atoms with Gasteiger partial charge in [-0.1, -0.05) is 115 Å². The quantitative estimate of drug-likeness (QED) is 0.0487. The molecule has 0 N–H and O–H groups in total. The van der Waals surface area contributed by atoms with Gasteiger partial charge in [0.25, 0.3) is 0 Å². The maximum Gasteiger partial charge on any atom is 0.485 e. The van der Waals surface area contributed by atoms with Crippen LogP contribution in [-0.2, 0) is 46.4 Å². The van der Waals surface area contributed by atoms with Crippen LogP contribution in [0.1, 0.15) is 44.8 Å². The maximum absolute atomic E-state index is 10.7. The molecule has 366 valence electrons. The predicted octanol–water partition coefficient (Wildman–Crippen LogP) is 8.66. The molecule has 6 aromatic carbocycles. The van der Waals surface area contributed by atoms with Gasteiger partial charge in [-0.25, -0.2) is 40.1 Å². The second-order valence-corrected chi connectivity index (χ2v) is 18.5. The SMILES string of the molecule is C(#Cc1ccc(C[n+]2cn(Cc3cccc(Cn4c[n+](Cc5ccc(C#Cc6ccccc6)cc5)c5ccccc54)n3)c3ccccc32)cc1)c1ccccc1.O=S(=O)([O-])C(F)(F)F.O=S(=O)([O-])C(F)(F)F. The van der Waals surface area contributed by atoms with Gasteiger partial charge in [0.1, 0.15) is 26.2 Å². The Morgan fingerprint density at radius 3 is 1.07 bits per heavy atom. The summed E-state index contributed by atoms with van der Waals surface area (Å²) in [6, 6.07) is 60.9. The van der Waals surface area contributed by atoms with Crippen LogP contribution in [0.5, 0.6) is 0 Å². The van der Waals surface area contributed by atoms with Crippen LogP contribution >= 0.6 is 0 Å². The van der Waals surface area contributed by atoms with Crippen molar-refractivity contribution in [3.05, 3.63) is 233 Å². The zero-order valence-electron chi connectivity index (χ0n) is 37.5. The lowest BCUT2D eigenvalue weighted by molar-refractivity contribution is -0.663. The smallest absolute Gasteiger partial charge is 0.485 e. The third-order valence-electron chi connectivity index (χ3n) is 10.5. The molecule has 0 saturated heterocycles. The number of para-hydroxylation sites is 4. The summed E-state index contributed by atoms with van der Waals surface area (Å²) in [7, 11) is -12.2. The first kappa shape index (κ1) is 51.8. The van der Waals surface area contributed by atoms with E-state index in [0.717, 1.165) is 46.7 Å². The highest BCUT2D eigenvalue weighted by molar-refractivity contribution is 7.86. The van der Waals surface area contributed by atoms with Crippen LogP contribution in [0, 0.1) is 23.7 Å². The van der Waals surface area contributed by atoms with Crippen molar-refractivity contribution in [2.45, 2.75) is 37.2 Å². The highest BCUT2D eigenvalue weighted by Crippen LogP contribution is 2.22. The number of nitrogens with zero attached hydrogens (tertiary/aromatic N) is 5. The second kappa shape index (κ2) is 22.3. The normalized spacial score (nSPS) is 11.6. The Labute approximate surface area is 410 Å². The molecule has 11 nitrogen and oxygen atoms in total. The first-order valence-corrected chi connectivity index (χ1v) is 24.3. The Kier molecular flexibility index (Phi) is 16.1. The average molecular weight is 1020 g/mol. The average Bonchev–Trinajstić information content (AvgIpc) is 3.87. The van der Waals surface area contributed by atoms with E-state index in [1.54, 1.807) is 0 Å². The van der Waals surface area contributed by atoms with E-state index in [2.05, 4.69) is 170 Å². The molecule has 0 spiro atoms. The van der Waals surface area contributed by atoms with Gasteiger partial charge in [-0.05, 0) is 96.1 Å². The van der Waals surface area contributed by atoms with Crippen molar-refractivity contribution >= 4 is 42.3 Å². The number of fused-ring (bicyclic) bond motifs is 2. The van der Waals surface area contributed by atoms with Crippen molar-refractivity contribution in [1.82, 2.24) is 14.1 Å². The minimum atomic E-state index is -6.09. The monoisotopic (exact) mass is 1020 g/mol. The Balaban J connectivity index is 0.000000411. The summed E-state index contributed by atoms with van der Waals surface area (Å²) in [4.78, 5) is 5.18. The minimum absolute atomic E-state index is 0.674. The van der Waals surface area contributed by atoms with Crippen LogP contribution in [-0.4, -0.2) is 51.1 Å². The van der Waals surface area contributed by atoms with Crippen LogP contribution in [0.3, 0.4) is 0 Å². The fourth-order valence-corrected chi connectivity index (χ4v) is 7.16. The van der Waals surface area contributed by atoms with Gasteiger partial charge in [0.15, 0.2) is 42.3 Å². The predicted molar refractivity (Wildman–Crippen MR) is 254 cm³/mol. The molecule has 0 unspecified atom stereocenters. The molecule has 0 bridgehead atoms. The molecule has 0 radical (unpaired) electrons. The number of hydrogen-bond donors (Lipinski definition) is 0. The molecule has 19 heteroatoms. The van der Waals surface area contributed by atoms with E-state index in [4.69, 9.17) is 30.9 Å². The van der Waals surface area contributed by atoms with Gasteiger partial charge < -0.3 is 9.11 Å². The number of pyridine rings is 1. The van der Waals surface area contributed by atoms with Crippen molar-refractivity contribution in [2.24, 2.45) is 0 Å². The molecule has 3 aromatic heterocycles. The Morgan fingerprint density at radius 2 is 0.736 bits per heavy atom. The lowest BCUT2D eigenvalue weighted by Gasteiger charge is -2.08. The zero-order chi connectivity index (χ0) is 51.5. The topological polar surface area (TPSA) is 145 Å². The summed E-state index contributed by atoms with van der Waals surface area (Å²) in [6.45, 7) is 2.88. The van der Waals surface area contributed by atoms with Gasteiger partial charge in [0.2, 0.25) is 12.7 Å². The van der Waals surface area contributed by atoms with Crippen LogP contribution in [0.2, 0.25) is 0 Å². The van der Waals surface area contributed by atoms with E-state index in [-0.39, 0.29) is 0 Å². The maximum atomic E-state index is 10.7. The first-order valence-electron chi connectivity index (χ1n) is 21.5. The molecule has 0 atom stereocenters. The summed E-state index contributed by atoms with van der Waals surface area (Å²) in [5, 5.41) is 0. The number of hydrogen-bond acceptors (Lipinski definition) is 7. The molecular weight excluding hydrogens is 981 g/mol. The van der Waals surface area contributed by atoms with Crippen molar-refractivity contribution in [3.8, 4) is 23.7 Å². The van der Waals surface area contributed by atoms with Crippen molar-refractivity contribution in [3.63, 3.8) is 0 Å². The molecular formula is C53H39F6N5O6S2. The number of benzene rings is 6.